The normalized spacial score (nSPS) is 20.8. The SMILES string of the molecule is COCC1(C(=O)O)CCCN(C(=O)c2cccc3c(C)c(C)[nH]c23)C1. The van der Waals surface area contributed by atoms with Gasteiger partial charge in [0.2, 0.25) is 0 Å². The number of piperidine rings is 1. The molecule has 3 rings (SSSR count). The molecular formula is C19H24N2O4. The van der Waals surface area contributed by atoms with Crippen molar-refractivity contribution in [1.82, 2.24) is 9.88 Å². The molecular weight excluding hydrogens is 320 g/mol. The van der Waals surface area contributed by atoms with Gasteiger partial charge < -0.3 is 19.7 Å². The molecule has 0 saturated carbocycles. The van der Waals surface area contributed by atoms with Crippen LogP contribution in [-0.2, 0) is 9.53 Å². The number of likely N-dealkylation sites (tertiary alicyclic amines) is 1. The van der Waals surface area contributed by atoms with E-state index >= 15 is 0 Å². The number of carbonyl (C=O) groups is 2. The highest BCUT2D eigenvalue weighted by atomic mass is 16.5. The first-order valence-electron chi connectivity index (χ1n) is 8.49. The van der Waals surface area contributed by atoms with Crippen molar-refractivity contribution >= 4 is 22.8 Å². The number of hydrogen-bond donors (Lipinski definition) is 2. The molecule has 1 aliphatic heterocycles. The van der Waals surface area contributed by atoms with Crippen LogP contribution in [0.3, 0.4) is 0 Å². The van der Waals surface area contributed by atoms with Crippen LogP contribution in [0.25, 0.3) is 10.9 Å². The van der Waals surface area contributed by atoms with E-state index in [1.165, 1.54) is 7.11 Å². The van der Waals surface area contributed by atoms with Crippen LogP contribution in [0.4, 0.5) is 0 Å². The maximum atomic E-state index is 13.1. The zero-order chi connectivity index (χ0) is 18.2. The number of amides is 1. The molecule has 1 amide bonds. The van der Waals surface area contributed by atoms with E-state index in [0.717, 1.165) is 22.2 Å². The average molecular weight is 344 g/mol. The van der Waals surface area contributed by atoms with Crippen molar-refractivity contribution in [3.8, 4) is 0 Å². The Bertz CT molecular complexity index is 822. The molecule has 1 atom stereocenters. The molecule has 1 aromatic heterocycles. The number of aliphatic carboxylic acids is 1. The smallest absolute Gasteiger partial charge is 0.313 e. The standard InChI is InChI=1S/C19H24N2O4/c1-12-13(2)20-16-14(12)6-4-7-15(16)17(22)21-9-5-8-19(10-21,11-25-3)18(23)24/h4,6-7,20H,5,8-11H2,1-3H3,(H,23,24). The summed E-state index contributed by atoms with van der Waals surface area (Å²) in [5.41, 5.74) is 2.54. The number of H-pyrrole nitrogens is 1. The summed E-state index contributed by atoms with van der Waals surface area (Å²) in [6, 6.07) is 5.67. The first kappa shape index (κ1) is 17.5. The quantitative estimate of drug-likeness (QED) is 0.893. The maximum Gasteiger partial charge on any atom is 0.313 e. The summed E-state index contributed by atoms with van der Waals surface area (Å²) in [4.78, 5) is 29.9. The monoisotopic (exact) mass is 344 g/mol. The van der Waals surface area contributed by atoms with Crippen LogP contribution >= 0.6 is 0 Å². The molecule has 134 valence electrons. The highest BCUT2D eigenvalue weighted by Crippen LogP contribution is 2.33. The fourth-order valence-electron chi connectivity index (χ4n) is 3.77. The van der Waals surface area contributed by atoms with E-state index in [2.05, 4.69) is 4.98 Å². The Hall–Kier alpha value is -2.34. The van der Waals surface area contributed by atoms with Gasteiger partial charge in [-0.3, -0.25) is 9.59 Å². The molecule has 1 saturated heterocycles. The predicted molar refractivity (Wildman–Crippen MR) is 94.9 cm³/mol. The zero-order valence-corrected chi connectivity index (χ0v) is 14.9. The van der Waals surface area contributed by atoms with Crippen molar-refractivity contribution in [3.05, 3.63) is 35.0 Å². The number of hydrogen-bond acceptors (Lipinski definition) is 3. The third-order valence-corrected chi connectivity index (χ3v) is 5.31. The highest BCUT2D eigenvalue weighted by molar-refractivity contribution is 6.06. The van der Waals surface area contributed by atoms with Gasteiger partial charge in [-0.1, -0.05) is 12.1 Å². The van der Waals surface area contributed by atoms with Gasteiger partial charge in [0.1, 0.15) is 5.41 Å². The number of para-hydroxylation sites is 1. The van der Waals surface area contributed by atoms with Gasteiger partial charge in [-0.25, -0.2) is 0 Å². The lowest BCUT2D eigenvalue weighted by Gasteiger charge is -2.39. The van der Waals surface area contributed by atoms with Gasteiger partial charge in [-0.2, -0.15) is 0 Å². The fraction of sp³-hybridized carbons (Fsp3) is 0.474. The van der Waals surface area contributed by atoms with Crippen molar-refractivity contribution in [2.45, 2.75) is 26.7 Å². The molecule has 25 heavy (non-hydrogen) atoms. The van der Waals surface area contributed by atoms with E-state index in [4.69, 9.17) is 4.74 Å². The number of carboxylic acid groups (broad SMARTS) is 1. The van der Waals surface area contributed by atoms with Gasteiger partial charge in [-0.15, -0.1) is 0 Å². The largest absolute Gasteiger partial charge is 0.481 e. The Kier molecular flexibility index (Phi) is 4.56. The Morgan fingerprint density at radius 3 is 2.80 bits per heavy atom. The first-order valence-corrected chi connectivity index (χ1v) is 8.49. The summed E-state index contributed by atoms with van der Waals surface area (Å²) >= 11 is 0. The Morgan fingerprint density at radius 1 is 1.36 bits per heavy atom. The number of methoxy groups -OCH3 is 1. The lowest BCUT2D eigenvalue weighted by molar-refractivity contribution is -0.155. The molecule has 0 spiro atoms. The lowest BCUT2D eigenvalue weighted by atomic mass is 9.80. The minimum Gasteiger partial charge on any atom is -0.481 e. The number of carboxylic acids is 1. The second kappa shape index (κ2) is 6.52. The number of aromatic amines is 1. The number of ether oxygens (including phenoxy) is 1. The summed E-state index contributed by atoms with van der Waals surface area (Å²) in [6.07, 6.45) is 1.17. The number of rotatable bonds is 4. The Morgan fingerprint density at radius 2 is 2.12 bits per heavy atom. The van der Waals surface area contributed by atoms with Crippen LogP contribution in [-0.4, -0.2) is 53.7 Å². The number of nitrogens with zero attached hydrogens (tertiary/aromatic N) is 1. The molecule has 2 N–H and O–H groups in total. The summed E-state index contributed by atoms with van der Waals surface area (Å²) < 4.78 is 5.14. The van der Waals surface area contributed by atoms with E-state index in [0.29, 0.717) is 24.9 Å². The lowest BCUT2D eigenvalue weighted by Crippen LogP contribution is -2.52. The zero-order valence-electron chi connectivity index (χ0n) is 14.9. The molecule has 0 bridgehead atoms. The van der Waals surface area contributed by atoms with Crippen molar-refractivity contribution in [2.24, 2.45) is 5.41 Å². The summed E-state index contributed by atoms with van der Waals surface area (Å²) in [5.74, 6) is -1.04. The molecule has 2 heterocycles. The average Bonchev–Trinajstić information content (AvgIpc) is 2.89. The number of benzene rings is 1. The van der Waals surface area contributed by atoms with Crippen molar-refractivity contribution in [3.63, 3.8) is 0 Å². The molecule has 1 unspecified atom stereocenters. The van der Waals surface area contributed by atoms with Crippen molar-refractivity contribution < 1.29 is 19.4 Å². The minimum atomic E-state index is -1.03. The number of nitrogens with one attached hydrogen (secondary N) is 1. The topological polar surface area (TPSA) is 82.6 Å². The molecule has 6 nitrogen and oxygen atoms in total. The van der Waals surface area contributed by atoms with Crippen LogP contribution < -0.4 is 0 Å². The fourth-order valence-corrected chi connectivity index (χ4v) is 3.77. The number of aromatic nitrogens is 1. The molecule has 1 fully saturated rings. The van der Waals surface area contributed by atoms with Gasteiger partial charge >= 0.3 is 5.97 Å². The second-order valence-electron chi connectivity index (χ2n) is 6.95. The van der Waals surface area contributed by atoms with Gasteiger partial charge in [0.25, 0.3) is 5.91 Å². The third-order valence-electron chi connectivity index (χ3n) is 5.31. The number of aryl methyl sites for hydroxylation is 2. The number of fused-ring (bicyclic) bond motifs is 1. The second-order valence-corrected chi connectivity index (χ2v) is 6.95. The Balaban J connectivity index is 1.96. The molecule has 1 aliphatic rings. The van der Waals surface area contributed by atoms with Gasteiger partial charge in [0.05, 0.1) is 17.7 Å². The third kappa shape index (κ3) is 2.91. The minimum absolute atomic E-state index is 0.108. The van der Waals surface area contributed by atoms with E-state index in [9.17, 15) is 14.7 Å². The molecule has 0 radical (unpaired) electrons. The van der Waals surface area contributed by atoms with Crippen LogP contribution in [0.1, 0.15) is 34.5 Å². The van der Waals surface area contributed by atoms with Crippen molar-refractivity contribution in [1.29, 1.82) is 0 Å². The van der Waals surface area contributed by atoms with Gasteiger partial charge in [-0.05, 0) is 38.3 Å². The maximum absolute atomic E-state index is 13.1. The highest BCUT2D eigenvalue weighted by Gasteiger charge is 2.44. The molecule has 0 aliphatic carbocycles. The van der Waals surface area contributed by atoms with Gasteiger partial charge in [0, 0.05) is 31.3 Å². The predicted octanol–water partition coefficient (Wildman–Crippen LogP) is 2.74. The van der Waals surface area contributed by atoms with Crippen LogP contribution in [0, 0.1) is 19.3 Å². The summed E-state index contributed by atoms with van der Waals surface area (Å²) in [5, 5.41) is 10.7. The Labute approximate surface area is 146 Å². The molecule has 1 aromatic carbocycles. The van der Waals surface area contributed by atoms with E-state index < -0.39 is 11.4 Å². The van der Waals surface area contributed by atoms with Crippen molar-refractivity contribution in [2.75, 3.05) is 26.8 Å². The van der Waals surface area contributed by atoms with Gasteiger partial charge in [0.15, 0.2) is 0 Å². The summed E-state index contributed by atoms with van der Waals surface area (Å²) in [7, 11) is 1.50. The van der Waals surface area contributed by atoms with Crippen LogP contribution in [0.5, 0.6) is 0 Å². The van der Waals surface area contributed by atoms with Crippen LogP contribution in [0.2, 0.25) is 0 Å². The van der Waals surface area contributed by atoms with E-state index in [1.54, 1.807) is 11.0 Å². The number of carbonyl (C=O) groups excluding carboxylic acids is 1. The summed E-state index contributed by atoms with van der Waals surface area (Å²) in [6.45, 7) is 4.85. The first-order chi connectivity index (χ1) is 11.9. The van der Waals surface area contributed by atoms with E-state index in [-0.39, 0.29) is 19.1 Å². The van der Waals surface area contributed by atoms with Crippen LogP contribution in [0.15, 0.2) is 18.2 Å². The molecule has 2 aromatic rings. The van der Waals surface area contributed by atoms with E-state index in [1.807, 2.05) is 26.0 Å². The molecule has 6 heteroatoms.